The molecule has 4 rings (SSSR count). The Balaban J connectivity index is 1.61. The Morgan fingerprint density at radius 2 is 1.87 bits per heavy atom. The fourth-order valence-corrected chi connectivity index (χ4v) is 4.75. The van der Waals surface area contributed by atoms with Crippen LogP contribution in [0.1, 0.15) is 47.9 Å². The zero-order valence-corrected chi connectivity index (χ0v) is 14.1. The van der Waals surface area contributed by atoms with Gasteiger partial charge in [0.2, 0.25) is 0 Å². The van der Waals surface area contributed by atoms with Gasteiger partial charge in [-0.05, 0) is 72.6 Å². The minimum atomic E-state index is -3.13. The van der Waals surface area contributed by atoms with Gasteiger partial charge in [-0.15, -0.1) is 0 Å². The molecule has 0 amide bonds. The van der Waals surface area contributed by atoms with E-state index in [1.54, 1.807) is 17.7 Å². The van der Waals surface area contributed by atoms with Gasteiger partial charge in [-0.25, -0.2) is 8.42 Å². The van der Waals surface area contributed by atoms with E-state index in [0.717, 1.165) is 12.1 Å². The van der Waals surface area contributed by atoms with Crippen molar-refractivity contribution in [1.82, 2.24) is 0 Å². The Hall–Kier alpha value is -1.81. The molecule has 2 unspecified atom stereocenters. The summed E-state index contributed by atoms with van der Waals surface area (Å²) in [4.78, 5) is 0.368. The summed E-state index contributed by atoms with van der Waals surface area (Å²) >= 11 is 0. The molecule has 0 spiro atoms. The number of hydrogen-bond acceptors (Lipinski definition) is 3. The molecule has 4 heteroatoms. The maximum absolute atomic E-state index is 11.6. The van der Waals surface area contributed by atoms with Crippen LogP contribution in [0, 0.1) is 0 Å². The summed E-state index contributed by atoms with van der Waals surface area (Å²) in [7, 11) is -3.13. The lowest BCUT2D eigenvalue weighted by molar-refractivity contribution is 0.535. The lowest BCUT2D eigenvalue weighted by Crippen LogP contribution is -2.07. The predicted octanol–water partition coefficient (Wildman–Crippen LogP) is 4.07. The summed E-state index contributed by atoms with van der Waals surface area (Å²) in [5.41, 5.74) is 5.51. The number of aryl methyl sites for hydroxylation is 1. The van der Waals surface area contributed by atoms with E-state index in [1.807, 2.05) is 12.1 Å². The first kappa shape index (κ1) is 14.8. The van der Waals surface area contributed by atoms with Crippen molar-refractivity contribution in [2.45, 2.75) is 42.5 Å². The molecule has 0 aromatic heterocycles. The molecular formula is C19H21NO2S. The molecule has 120 valence electrons. The molecule has 1 N–H and O–H groups in total. The molecule has 2 aliphatic carbocycles. The van der Waals surface area contributed by atoms with Gasteiger partial charge in [0.25, 0.3) is 0 Å². The summed E-state index contributed by atoms with van der Waals surface area (Å²) in [6.45, 7) is 0. The molecular weight excluding hydrogens is 306 g/mol. The average molecular weight is 327 g/mol. The van der Waals surface area contributed by atoms with E-state index in [2.05, 4.69) is 23.5 Å². The van der Waals surface area contributed by atoms with Crippen LogP contribution in [0.2, 0.25) is 0 Å². The second-order valence-corrected chi connectivity index (χ2v) is 8.75. The third-order valence-electron chi connectivity index (χ3n) is 5.16. The van der Waals surface area contributed by atoms with Crippen LogP contribution in [-0.2, 0) is 16.3 Å². The Labute approximate surface area is 137 Å². The Bertz CT molecular complexity index is 840. The molecule has 0 fully saturated rings. The van der Waals surface area contributed by atoms with Crippen molar-refractivity contribution in [3.05, 3.63) is 59.2 Å². The predicted molar refractivity (Wildman–Crippen MR) is 92.7 cm³/mol. The minimum Gasteiger partial charge on any atom is -0.378 e. The van der Waals surface area contributed by atoms with Crippen molar-refractivity contribution in [3.63, 3.8) is 0 Å². The van der Waals surface area contributed by atoms with Gasteiger partial charge >= 0.3 is 0 Å². The van der Waals surface area contributed by atoms with Crippen molar-refractivity contribution in [2.24, 2.45) is 0 Å². The van der Waals surface area contributed by atoms with Crippen LogP contribution in [-0.4, -0.2) is 14.7 Å². The smallest absolute Gasteiger partial charge is 0.175 e. The van der Waals surface area contributed by atoms with Gasteiger partial charge < -0.3 is 5.32 Å². The van der Waals surface area contributed by atoms with Crippen molar-refractivity contribution in [1.29, 1.82) is 0 Å². The van der Waals surface area contributed by atoms with E-state index in [0.29, 0.717) is 16.9 Å². The van der Waals surface area contributed by atoms with Crippen LogP contribution in [0.4, 0.5) is 5.69 Å². The van der Waals surface area contributed by atoms with Crippen LogP contribution in [0.15, 0.2) is 47.4 Å². The Morgan fingerprint density at radius 3 is 2.61 bits per heavy atom. The molecule has 3 nitrogen and oxygen atoms in total. The topological polar surface area (TPSA) is 46.2 Å². The van der Waals surface area contributed by atoms with Crippen LogP contribution in [0.5, 0.6) is 0 Å². The standard InChI is InChI=1S/C19H21NO2S/c1-23(21,22)16-10-8-15(9-11-16)20-18-12-14-6-2-4-13-5-3-7-17(18)19(13)14/h3,5,7-11,14,18,20H,2,4,6,12H2,1H3. The summed E-state index contributed by atoms with van der Waals surface area (Å²) in [6.07, 6.45) is 6.16. The third kappa shape index (κ3) is 2.65. The van der Waals surface area contributed by atoms with Gasteiger partial charge in [0.1, 0.15) is 0 Å². The van der Waals surface area contributed by atoms with Crippen molar-refractivity contribution < 1.29 is 8.42 Å². The van der Waals surface area contributed by atoms with Crippen molar-refractivity contribution in [2.75, 3.05) is 11.6 Å². The molecule has 2 aromatic carbocycles. The molecule has 0 bridgehead atoms. The number of rotatable bonds is 3. The first-order chi connectivity index (χ1) is 11.0. The number of nitrogens with one attached hydrogen (secondary N) is 1. The summed E-state index contributed by atoms with van der Waals surface area (Å²) < 4.78 is 23.1. The zero-order valence-electron chi connectivity index (χ0n) is 13.2. The Morgan fingerprint density at radius 1 is 1.09 bits per heavy atom. The SMILES string of the molecule is CS(=O)(=O)c1ccc(NC2CC3CCCc4cccc2c43)cc1. The highest BCUT2D eigenvalue weighted by molar-refractivity contribution is 7.90. The van der Waals surface area contributed by atoms with Gasteiger partial charge in [0.05, 0.1) is 10.9 Å². The number of anilines is 1. The molecule has 0 radical (unpaired) electrons. The summed E-state index contributed by atoms with van der Waals surface area (Å²) in [6, 6.07) is 14.1. The number of sulfone groups is 1. The highest BCUT2D eigenvalue weighted by Gasteiger charge is 2.34. The molecule has 23 heavy (non-hydrogen) atoms. The van der Waals surface area contributed by atoms with Gasteiger partial charge in [0, 0.05) is 11.9 Å². The van der Waals surface area contributed by atoms with E-state index >= 15 is 0 Å². The van der Waals surface area contributed by atoms with E-state index in [-0.39, 0.29) is 0 Å². The van der Waals surface area contributed by atoms with Crippen molar-refractivity contribution in [3.8, 4) is 0 Å². The molecule has 0 saturated heterocycles. The van der Waals surface area contributed by atoms with Gasteiger partial charge in [-0.1, -0.05) is 18.2 Å². The highest BCUT2D eigenvalue weighted by Crippen LogP contribution is 2.48. The van der Waals surface area contributed by atoms with Crippen LogP contribution in [0.3, 0.4) is 0 Å². The largest absolute Gasteiger partial charge is 0.378 e. The summed E-state index contributed by atoms with van der Waals surface area (Å²) in [5, 5.41) is 3.60. The maximum atomic E-state index is 11.6. The minimum absolute atomic E-state index is 0.331. The average Bonchev–Trinajstić information content (AvgIpc) is 2.87. The lowest BCUT2D eigenvalue weighted by atomic mass is 9.84. The van der Waals surface area contributed by atoms with E-state index in [1.165, 1.54) is 36.6 Å². The normalized spacial score (nSPS) is 22.7. The monoisotopic (exact) mass is 327 g/mol. The van der Waals surface area contributed by atoms with Gasteiger partial charge in [0.15, 0.2) is 9.84 Å². The quantitative estimate of drug-likeness (QED) is 0.924. The molecule has 0 saturated carbocycles. The van der Waals surface area contributed by atoms with Crippen LogP contribution in [0.25, 0.3) is 0 Å². The third-order valence-corrected chi connectivity index (χ3v) is 6.28. The van der Waals surface area contributed by atoms with Gasteiger partial charge in [-0.2, -0.15) is 0 Å². The molecule has 2 aliphatic rings. The summed E-state index contributed by atoms with van der Waals surface area (Å²) in [5.74, 6) is 0.683. The first-order valence-corrected chi connectivity index (χ1v) is 10.1. The Kier molecular flexibility index (Phi) is 3.45. The van der Waals surface area contributed by atoms with Gasteiger partial charge in [-0.3, -0.25) is 0 Å². The second-order valence-electron chi connectivity index (χ2n) is 6.74. The van der Waals surface area contributed by atoms with E-state index in [9.17, 15) is 8.42 Å². The van der Waals surface area contributed by atoms with E-state index in [4.69, 9.17) is 0 Å². The fourth-order valence-electron chi connectivity index (χ4n) is 4.12. The second kappa shape index (κ2) is 5.38. The first-order valence-electron chi connectivity index (χ1n) is 8.21. The molecule has 0 aliphatic heterocycles. The molecule has 2 atom stereocenters. The van der Waals surface area contributed by atoms with Crippen molar-refractivity contribution >= 4 is 15.5 Å². The maximum Gasteiger partial charge on any atom is 0.175 e. The van der Waals surface area contributed by atoms with Crippen LogP contribution >= 0.6 is 0 Å². The molecule has 0 heterocycles. The number of benzene rings is 2. The molecule has 2 aromatic rings. The fraction of sp³-hybridized carbons (Fsp3) is 0.368. The number of hydrogen-bond donors (Lipinski definition) is 1. The van der Waals surface area contributed by atoms with Crippen LogP contribution < -0.4 is 5.32 Å². The highest BCUT2D eigenvalue weighted by atomic mass is 32.2. The zero-order chi connectivity index (χ0) is 16.0. The van der Waals surface area contributed by atoms with E-state index < -0.39 is 9.84 Å². The lowest BCUT2D eigenvalue weighted by Gasteiger charge is -2.20.